The van der Waals surface area contributed by atoms with Crippen LogP contribution in [0.4, 0.5) is 0 Å². The molecule has 0 bridgehead atoms. The minimum absolute atomic E-state index is 0.204. The molecule has 114 valence electrons. The van der Waals surface area contributed by atoms with Gasteiger partial charge in [-0.1, -0.05) is 24.6 Å². The molecule has 3 nitrogen and oxygen atoms in total. The smallest absolute Gasteiger partial charge is 0.157 e. The van der Waals surface area contributed by atoms with Gasteiger partial charge in [0.05, 0.1) is 6.04 Å². The standard InChI is InChI=1S/C16H29N3S/c1-15(2)9-11(10-16(3,4)19-15)17-14-18-12-7-5-6-8-13(12)20-14/h11-13,19H,5-10H2,1-4H3,(H,17,18). The fraction of sp³-hybridized carbons (Fsp3) is 0.938. The van der Waals surface area contributed by atoms with E-state index in [2.05, 4.69) is 38.3 Å². The van der Waals surface area contributed by atoms with Crippen LogP contribution in [0.5, 0.6) is 0 Å². The minimum atomic E-state index is 0.204. The number of hydrogen-bond acceptors (Lipinski definition) is 4. The molecule has 0 aromatic rings. The summed E-state index contributed by atoms with van der Waals surface area (Å²) >= 11 is 2.01. The summed E-state index contributed by atoms with van der Waals surface area (Å²) in [5, 5.41) is 9.49. The van der Waals surface area contributed by atoms with Gasteiger partial charge in [0.25, 0.3) is 0 Å². The van der Waals surface area contributed by atoms with Gasteiger partial charge in [0.15, 0.2) is 5.17 Å². The van der Waals surface area contributed by atoms with Gasteiger partial charge in [0, 0.05) is 22.4 Å². The number of hydrogen-bond donors (Lipinski definition) is 2. The molecule has 1 aliphatic carbocycles. The maximum absolute atomic E-state index is 4.95. The Hall–Kier alpha value is -0.220. The SMILES string of the molecule is CC1(C)CC(NC2=NC3CCCCC3S2)CC(C)(C)N1. The second kappa shape index (κ2) is 5.20. The highest BCUT2D eigenvalue weighted by molar-refractivity contribution is 8.14. The van der Waals surface area contributed by atoms with Crippen molar-refractivity contribution in [2.45, 2.75) is 94.6 Å². The largest absolute Gasteiger partial charge is 0.362 e. The average molecular weight is 295 g/mol. The van der Waals surface area contributed by atoms with Crippen molar-refractivity contribution in [1.29, 1.82) is 0 Å². The fourth-order valence-corrected chi connectivity index (χ4v) is 5.71. The number of fused-ring (bicyclic) bond motifs is 1. The molecule has 0 radical (unpaired) electrons. The molecular weight excluding hydrogens is 266 g/mol. The van der Waals surface area contributed by atoms with E-state index in [4.69, 9.17) is 4.99 Å². The van der Waals surface area contributed by atoms with Gasteiger partial charge >= 0.3 is 0 Å². The lowest BCUT2D eigenvalue weighted by Gasteiger charge is -2.46. The van der Waals surface area contributed by atoms with Gasteiger partial charge in [-0.3, -0.25) is 4.99 Å². The van der Waals surface area contributed by atoms with E-state index in [0.29, 0.717) is 12.1 Å². The molecule has 1 saturated carbocycles. The number of thioether (sulfide) groups is 1. The van der Waals surface area contributed by atoms with Crippen molar-refractivity contribution in [2.24, 2.45) is 4.99 Å². The molecular formula is C16H29N3S. The van der Waals surface area contributed by atoms with Gasteiger partial charge in [-0.2, -0.15) is 0 Å². The van der Waals surface area contributed by atoms with Gasteiger partial charge in [-0.15, -0.1) is 0 Å². The predicted molar refractivity (Wildman–Crippen MR) is 88.5 cm³/mol. The molecule has 0 aromatic carbocycles. The summed E-state index contributed by atoms with van der Waals surface area (Å²) in [6.45, 7) is 9.25. The second-order valence-corrected chi connectivity index (χ2v) is 9.31. The number of aliphatic imine (C=N–C) groups is 1. The lowest BCUT2D eigenvalue weighted by Crippen LogP contribution is -2.62. The number of rotatable bonds is 1. The summed E-state index contributed by atoms with van der Waals surface area (Å²) < 4.78 is 0. The van der Waals surface area contributed by atoms with Crippen LogP contribution >= 0.6 is 11.8 Å². The highest BCUT2D eigenvalue weighted by Gasteiger charge is 2.39. The van der Waals surface area contributed by atoms with Crippen LogP contribution in [0.1, 0.15) is 66.2 Å². The zero-order chi connectivity index (χ0) is 14.4. The number of amidine groups is 1. The predicted octanol–water partition coefficient (Wildman–Crippen LogP) is 3.30. The van der Waals surface area contributed by atoms with Crippen molar-refractivity contribution in [3.05, 3.63) is 0 Å². The van der Waals surface area contributed by atoms with Gasteiger partial charge in [0.2, 0.25) is 0 Å². The highest BCUT2D eigenvalue weighted by atomic mass is 32.2. The summed E-state index contributed by atoms with van der Waals surface area (Å²) in [4.78, 5) is 4.95. The highest BCUT2D eigenvalue weighted by Crippen LogP contribution is 2.37. The number of piperidine rings is 1. The Kier molecular flexibility index (Phi) is 3.83. The summed E-state index contributed by atoms with van der Waals surface area (Å²) in [6.07, 6.45) is 7.76. The summed E-state index contributed by atoms with van der Waals surface area (Å²) in [5.74, 6) is 0. The topological polar surface area (TPSA) is 36.4 Å². The minimum Gasteiger partial charge on any atom is -0.362 e. The van der Waals surface area contributed by atoms with Gasteiger partial charge < -0.3 is 10.6 Å². The van der Waals surface area contributed by atoms with Crippen LogP contribution in [-0.2, 0) is 0 Å². The molecule has 2 aliphatic heterocycles. The van der Waals surface area contributed by atoms with Gasteiger partial charge in [0.1, 0.15) is 0 Å². The maximum atomic E-state index is 4.95. The molecule has 0 aromatic heterocycles. The Morgan fingerprint density at radius 1 is 1.10 bits per heavy atom. The van der Waals surface area contributed by atoms with E-state index in [1.54, 1.807) is 0 Å². The lowest BCUT2D eigenvalue weighted by molar-refractivity contribution is 0.156. The van der Waals surface area contributed by atoms with Gasteiger partial charge in [-0.25, -0.2) is 0 Å². The summed E-state index contributed by atoms with van der Waals surface area (Å²) in [7, 11) is 0. The van der Waals surface area contributed by atoms with E-state index in [1.165, 1.54) is 43.7 Å². The van der Waals surface area contributed by atoms with Crippen LogP contribution in [0, 0.1) is 0 Å². The Morgan fingerprint density at radius 2 is 1.75 bits per heavy atom. The Morgan fingerprint density at radius 3 is 2.40 bits per heavy atom. The van der Waals surface area contributed by atoms with E-state index in [1.807, 2.05) is 11.8 Å². The molecule has 1 saturated heterocycles. The maximum Gasteiger partial charge on any atom is 0.157 e. The molecule has 2 unspecified atom stereocenters. The van der Waals surface area contributed by atoms with Crippen molar-refractivity contribution < 1.29 is 0 Å². The summed E-state index contributed by atoms with van der Waals surface area (Å²) in [6, 6.07) is 1.15. The van der Waals surface area contributed by atoms with E-state index < -0.39 is 0 Å². The Bertz CT molecular complexity index is 387. The monoisotopic (exact) mass is 295 g/mol. The second-order valence-electron chi connectivity index (χ2n) is 8.08. The van der Waals surface area contributed by atoms with Crippen LogP contribution < -0.4 is 10.6 Å². The van der Waals surface area contributed by atoms with Crippen LogP contribution in [0.15, 0.2) is 4.99 Å². The molecule has 2 atom stereocenters. The fourth-order valence-electron chi connectivity index (χ4n) is 4.36. The lowest BCUT2D eigenvalue weighted by atomic mass is 9.80. The number of nitrogens with zero attached hydrogens (tertiary/aromatic N) is 1. The van der Waals surface area contributed by atoms with Crippen LogP contribution in [0.2, 0.25) is 0 Å². The third kappa shape index (κ3) is 3.33. The third-order valence-corrected chi connectivity index (χ3v) is 6.03. The first-order valence-corrected chi connectivity index (χ1v) is 9.01. The zero-order valence-electron chi connectivity index (χ0n) is 13.3. The van der Waals surface area contributed by atoms with Crippen LogP contribution in [0.3, 0.4) is 0 Å². The van der Waals surface area contributed by atoms with Crippen molar-refractivity contribution in [3.8, 4) is 0 Å². The molecule has 3 rings (SSSR count). The molecule has 2 fully saturated rings. The average Bonchev–Trinajstić information content (AvgIpc) is 2.66. The molecule has 4 heteroatoms. The van der Waals surface area contributed by atoms with E-state index >= 15 is 0 Å². The molecule has 3 aliphatic rings. The van der Waals surface area contributed by atoms with Crippen molar-refractivity contribution in [1.82, 2.24) is 10.6 Å². The third-order valence-electron chi connectivity index (χ3n) is 4.73. The Balaban J connectivity index is 1.63. The Labute approximate surface area is 127 Å². The van der Waals surface area contributed by atoms with Crippen LogP contribution in [0.25, 0.3) is 0 Å². The molecule has 20 heavy (non-hydrogen) atoms. The van der Waals surface area contributed by atoms with Crippen LogP contribution in [-0.4, -0.2) is 33.6 Å². The first-order chi connectivity index (χ1) is 9.33. The normalized spacial score (nSPS) is 36.3. The quantitative estimate of drug-likeness (QED) is 0.779. The molecule has 0 spiro atoms. The van der Waals surface area contributed by atoms with Crippen molar-refractivity contribution in [3.63, 3.8) is 0 Å². The van der Waals surface area contributed by atoms with Gasteiger partial charge in [-0.05, 0) is 53.4 Å². The zero-order valence-corrected chi connectivity index (χ0v) is 14.1. The molecule has 0 amide bonds. The van der Waals surface area contributed by atoms with E-state index in [0.717, 1.165) is 5.25 Å². The van der Waals surface area contributed by atoms with E-state index in [-0.39, 0.29) is 11.1 Å². The van der Waals surface area contributed by atoms with E-state index in [9.17, 15) is 0 Å². The first-order valence-electron chi connectivity index (χ1n) is 8.13. The molecule has 2 N–H and O–H groups in total. The molecule has 2 heterocycles. The summed E-state index contributed by atoms with van der Waals surface area (Å²) in [5.41, 5.74) is 0.409. The van der Waals surface area contributed by atoms with Crippen molar-refractivity contribution >= 4 is 16.9 Å². The number of nitrogens with one attached hydrogen (secondary N) is 2. The first kappa shape index (κ1) is 14.7. The van der Waals surface area contributed by atoms with Crippen molar-refractivity contribution in [2.75, 3.05) is 0 Å².